The van der Waals surface area contributed by atoms with E-state index in [0.717, 1.165) is 0 Å². The van der Waals surface area contributed by atoms with Crippen molar-refractivity contribution in [1.29, 1.82) is 0 Å². The maximum atomic E-state index is 11.0. The zero-order valence-corrected chi connectivity index (χ0v) is 11.9. The van der Waals surface area contributed by atoms with Crippen LogP contribution in [-0.4, -0.2) is 19.3 Å². The van der Waals surface area contributed by atoms with Gasteiger partial charge in [0.2, 0.25) is 5.91 Å². The van der Waals surface area contributed by atoms with Crippen LogP contribution < -0.4 is 15.2 Å². The number of hydrogen-bond donors (Lipinski definition) is 1. The van der Waals surface area contributed by atoms with Gasteiger partial charge < -0.3 is 15.2 Å². The predicted molar refractivity (Wildman–Crippen MR) is 78.4 cm³/mol. The number of amides is 1. The molecule has 0 aliphatic carbocycles. The first kappa shape index (κ1) is 14.9. The van der Waals surface area contributed by atoms with Crippen LogP contribution in [0.1, 0.15) is 20.7 Å². The van der Waals surface area contributed by atoms with Gasteiger partial charge in [0, 0.05) is 11.6 Å². The minimum Gasteiger partial charge on any atom is -0.496 e. The van der Waals surface area contributed by atoms with Gasteiger partial charge in [0.15, 0.2) is 6.29 Å². The van der Waals surface area contributed by atoms with Crippen molar-refractivity contribution < 1.29 is 19.1 Å². The van der Waals surface area contributed by atoms with E-state index in [1.807, 2.05) is 0 Å². The lowest BCUT2D eigenvalue weighted by Gasteiger charge is -2.10. The molecular weight excluding hydrogens is 294 g/mol. The Hall–Kier alpha value is -2.53. The number of benzene rings is 2. The second-order valence-electron chi connectivity index (χ2n) is 4.13. The van der Waals surface area contributed by atoms with Crippen molar-refractivity contribution in [1.82, 2.24) is 0 Å². The van der Waals surface area contributed by atoms with Gasteiger partial charge in [0.1, 0.15) is 17.2 Å². The zero-order chi connectivity index (χ0) is 15.4. The van der Waals surface area contributed by atoms with Crippen LogP contribution in [0.5, 0.6) is 17.2 Å². The largest absolute Gasteiger partial charge is 0.496 e. The molecule has 21 heavy (non-hydrogen) atoms. The number of hydrogen-bond acceptors (Lipinski definition) is 4. The lowest BCUT2D eigenvalue weighted by Crippen LogP contribution is -2.10. The number of carbonyl (C=O) groups is 2. The molecule has 108 valence electrons. The molecular formula is C15H12ClNO4. The number of ether oxygens (including phenoxy) is 2. The van der Waals surface area contributed by atoms with E-state index in [0.29, 0.717) is 34.7 Å². The van der Waals surface area contributed by atoms with Crippen molar-refractivity contribution in [3.8, 4) is 17.2 Å². The summed E-state index contributed by atoms with van der Waals surface area (Å²) in [5.41, 5.74) is 5.88. The Balaban J connectivity index is 2.30. The van der Waals surface area contributed by atoms with Gasteiger partial charge >= 0.3 is 0 Å². The third kappa shape index (κ3) is 3.32. The van der Waals surface area contributed by atoms with Crippen molar-refractivity contribution in [3.05, 3.63) is 52.5 Å². The summed E-state index contributed by atoms with van der Waals surface area (Å²) in [7, 11) is 1.46. The van der Waals surface area contributed by atoms with Gasteiger partial charge in [-0.05, 0) is 30.3 Å². The van der Waals surface area contributed by atoms with E-state index in [9.17, 15) is 9.59 Å². The topological polar surface area (TPSA) is 78.6 Å². The number of primary amides is 1. The van der Waals surface area contributed by atoms with Gasteiger partial charge in [0.25, 0.3) is 0 Å². The summed E-state index contributed by atoms with van der Waals surface area (Å²) in [6.45, 7) is 0. The predicted octanol–water partition coefficient (Wildman–Crippen LogP) is 3.05. The van der Waals surface area contributed by atoms with E-state index >= 15 is 0 Å². The fraction of sp³-hybridized carbons (Fsp3) is 0.0667. The Bertz CT molecular complexity index is 700. The molecule has 5 nitrogen and oxygen atoms in total. The number of methoxy groups -OCH3 is 1. The average molecular weight is 306 g/mol. The van der Waals surface area contributed by atoms with Crippen LogP contribution >= 0.6 is 11.6 Å². The fourth-order valence-electron chi connectivity index (χ4n) is 1.72. The van der Waals surface area contributed by atoms with Gasteiger partial charge in [-0.3, -0.25) is 9.59 Å². The van der Waals surface area contributed by atoms with Crippen LogP contribution in [0, 0.1) is 0 Å². The minimum absolute atomic E-state index is 0.254. The number of halogens is 1. The van der Waals surface area contributed by atoms with Crippen molar-refractivity contribution in [2.45, 2.75) is 0 Å². The summed E-state index contributed by atoms with van der Waals surface area (Å²) in [6, 6.07) is 9.25. The highest BCUT2D eigenvalue weighted by Crippen LogP contribution is 2.32. The summed E-state index contributed by atoms with van der Waals surface area (Å²) in [6.07, 6.45) is 0.692. The van der Waals surface area contributed by atoms with E-state index in [4.69, 9.17) is 26.8 Å². The van der Waals surface area contributed by atoms with Gasteiger partial charge in [-0.1, -0.05) is 11.6 Å². The van der Waals surface area contributed by atoms with Crippen LogP contribution in [0.15, 0.2) is 36.4 Å². The Morgan fingerprint density at radius 1 is 1.19 bits per heavy atom. The molecule has 0 bridgehead atoms. The fourth-order valence-corrected chi connectivity index (χ4v) is 1.94. The minimum atomic E-state index is -0.569. The number of aldehydes is 1. The molecule has 0 saturated heterocycles. The van der Waals surface area contributed by atoms with Gasteiger partial charge in [-0.15, -0.1) is 0 Å². The smallest absolute Gasteiger partial charge is 0.248 e. The van der Waals surface area contributed by atoms with E-state index in [1.54, 1.807) is 24.3 Å². The zero-order valence-electron chi connectivity index (χ0n) is 11.1. The summed E-state index contributed by atoms with van der Waals surface area (Å²) in [5.74, 6) is 0.640. The molecule has 0 unspecified atom stereocenters. The van der Waals surface area contributed by atoms with Crippen LogP contribution in [0.4, 0.5) is 0 Å². The molecule has 2 aromatic rings. The Morgan fingerprint density at radius 3 is 2.52 bits per heavy atom. The lowest BCUT2D eigenvalue weighted by atomic mass is 10.2. The van der Waals surface area contributed by atoms with E-state index in [1.165, 1.54) is 19.2 Å². The SMILES string of the molecule is COc1cc(Oc2ccc(C(N)=O)cc2Cl)ccc1C=O. The molecule has 0 fully saturated rings. The first-order valence-corrected chi connectivity index (χ1v) is 6.33. The molecule has 0 atom stereocenters. The quantitative estimate of drug-likeness (QED) is 0.861. The molecule has 2 N–H and O–H groups in total. The first-order chi connectivity index (χ1) is 10.0. The Labute approximate surface area is 126 Å². The molecule has 2 rings (SSSR count). The molecule has 0 aliphatic heterocycles. The maximum Gasteiger partial charge on any atom is 0.248 e. The first-order valence-electron chi connectivity index (χ1n) is 5.95. The highest BCUT2D eigenvalue weighted by molar-refractivity contribution is 6.32. The van der Waals surface area contributed by atoms with Crippen molar-refractivity contribution >= 4 is 23.8 Å². The van der Waals surface area contributed by atoms with E-state index in [-0.39, 0.29) is 5.02 Å². The third-order valence-corrected chi connectivity index (χ3v) is 3.07. The summed E-state index contributed by atoms with van der Waals surface area (Å²) >= 11 is 6.04. The summed E-state index contributed by atoms with van der Waals surface area (Å²) in [4.78, 5) is 21.9. The molecule has 0 saturated carbocycles. The number of carbonyl (C=O) groups excluding carboxylic acids is 2. The van der Waals surface area contributed by atoms with Crippen LogP contribution in [0.25, 0.3) is 0 Å². The van der Waals surface area contributed by atoms with Crippen LogP contribution in [-0.2, 0) is 0 Å². The molecule has 0 radical (unpaired) electrons. The maximum absolute atomic E-state index is 11.0. The standard InChI is InChI=1S/C15H12ClNO4/c1-20-14-7-11(4-2-10(14)8-18)21-13-5-3-9(15(17)19)6-12(13)16/h2-8H,1H3,(H2,17,19). The van der Waals surface area contributed by atoms with Gasteiger partial charge in [0.05, 0.1) is 17.7 Å². The molecule has 2 aromatic carbocycles. The monoisotopic (exact) mass is 305 g/mol. The highest BCUT2D eigenvalue weighted by atomic mass is 35.5. The van der Waals surface area contributed by atoms with Gasteiger partial charge in [-0.25, -0.2) is 0 Å². The van der Waals surface area contributed by atoms with Crippen LogP contribution in [0.3, 0.4) is 0 Å². The van der Waals surface area contributed by atoms with Crippen molar-refractivity contribution in [2.75, 3.05) is 7.11 Å². The second kappa shape index (κ2) is 6.28. The van der Waals surface area contributed by atoms with Crippen LogP contribution in [0.2, 0.25) is 5.02 Å². The molecule has 6 heteroatoms. The molecule has 1 amide bonds. The normalized spacial score (nSPS) is 10.0. The summed E-state index contributed by atoms with van der Waals surface area (Å²) < 4.78 is 10.7. The van der Waals surface area contributed by atoms with E-state index < -0.39 is 5.91 Å². The Morgan fingerprint density at radius 2 is 1.95 bits per heavy atom. The molecule has 0 aliphatic rings. The Kier molecular flexibility index (Phi) is 4.45. The lowest BCUT2D eigenvalue weighted by molar-refractivity contribution is 0.0999. The number of nitrogens with two attached hydrogens (primary N) is 1. The molecule has 0 heterocycles. The van der Waals surface area contributed by atoms with Crippen molar-refractivity contribution in [3.63, 3.8) is 0 Å². The average Bonchev–Trinajstić information content (AvgIpc) is 2.48. The molecule has 0 aromatic heterocycles. The van der Waals surface area contributed by atoms with E-state index in [2.05, 4.69) is 0 Å². The number of rotatable bonds is 5. The second-order valence-corrected chi connectivity index (χ2v) is 4.54. The third-order valence-electron chi connectivity index (χ3n) is 2.78. The molecule has 0 spiro atoms. The highest BCUT2D eigenvalue weighted by Gasteiger charge is 2.09. The summed E-state index contributed by atoms with van der Waals surface area (Å²) in [5, 5.41) is 0.254. The van der Waals surface area contributed by atoms with Crippen molar-refractivity contribution in [2.24, 2.45) is 5.73 Å². The van der Waals surface area contributed by atoms with Gasteiger partial charge in [-0.2, -0.15) is 0 Å².